The average Bonchev–Trinajstić information content (AvgIpc) is 2.97. The SMILES string of the molecule is Cn1c(/C=N/Nc2ccc(C(=O)O)cc2)nc2ccc(Cl)cc21.O=C(O)C(F)(F)F. The topological polar surface area (TPSA) is 117 Å². The van der Waals surface area contributed by atoms with E-state index >= 15 is 0 Å². The molecule has 1 heterocycles. The van der Waals surface area contributed by atoms with Crippen LogP contribution in [0.2, 0.25) is 5.02 Å². The van der Waals surface area contributed by atoms with E-state index in [0.29, 0.717) is 16.5 Å². The quantitative estimate of drug-likeness (QED) is 0.415. The lowest BCUT2D eigenvalue weighted by molar-refractivity contribution is -0.192. The van der Waals surface area contributed by atoms with Crippen molar-refractivity contribution < 1.29 is 33.0 Å². The van der Waals surface area contributed by atoms with Crippen molar-refractivity contribution in [3.05, 3.63) is 58.9 Å². The number of fused-ring (bicyclic) bond motifs is 1. The van der Waals surface area contributed by atoms with Crippen LogP contribution < -0.4 is 5.43 Å². The van der Waals surface area contributed by atoms with E-state index in [9.17, 15) is 18.0 Å². The van der Waals surface area contributed by atoms with Gasteiger partial charge < -0.3 is 14.8 Å². The molecule has 3 N–H and O–H groups in total. The fourth-order valence-corrected chi connectivity index (χ4v) is 2.32. The van der Waals surface area contributed by atoms with Crippen molar-refractivity contribution in [3.63, 3.8) is 0 Å². The van der Waals surface area contributed by atoms with Gasteiger partial charge >= 0.3 is 18.1 Å². The molecule has 0 radical (unpaired) electrons. The van der Waals surface area contributed by atoms with Crippen LogP contribution in [-0.2, 0) is 11.8 Å². The molecule has 0 bridgehead atoms. The van der Waals surface area contributed by atoms with Gasteiger partial charge in [0.2, 0.25) is 0 Å². The molecule has 1 aromatic heterocycles. The highest BCUT2D eigenvalue weighted by Crippen LogP contribution is 2.19. The first-order valence-corrected chi connectivity index (χ1v) is 8.41. The number of anilines is 1. The van der Waals surface area contributed by atoms with Crippen LogP contribution in [0.15, 0.2) is 47.6 Å². The minimum absolute atomic E-state index is 0.228. The zero-order valence-corrected chi connectivity index (χ0v) is 15.9. The van der Waals surface area contributed by atoms with Crippen LogP contribution in [0.3, 0.4) is 0 Å². The molecule has 0 atom stereocenters. The monoisotopic (exact) mass is 442 g/mol. The number of benzene rings is 2. The molecule has 0 saturated heterocycles. The Balaban J connectivity index is 0.000000396. The Morgan fingerprint density at radius 1 is 1.17 bits per heavy atom. The lowest BCUT2D eigenvalue weighted by Crippen LogP contribution is -2.21. The summed E-state index contributed by atoms with van der Waals surface area (Å²) in [5.41, 5.74) is 5.51. The third kappa shape index (κ3) is 5.95. The van der Waals surface area contributed by atoms with Crippen LogP contribution in [0.1, 0.15) is 16.2 Å². The van der Waals surface area contributed by atoms with Gasteiger partial charge in [0.25, 0.3) is 0 Å². The molecule has 0 saturated carbocycles. The van der Waals surface area contributed by atoms with Gasteiger partial charge in [-0.15, -0.1) is 0 Å². The van der Waals surface area contributed by atoms with Gasteiger partial charge in [-0.05, 0) is 42.5 Å². The second-order valence-corrected chi connectivity index (χ2v) is 6.15. The van der Waals surface area contributed by atoms with Crippen molar-refractivity contribution in [3.8, 4) is 0 Å². The summed E-state index contributed by atoms with van der Waals surface area (Å²) in [5, 5.41) is 20.8. The molecule has 0 fully saturated rings. The number of rotatable bonds is 4. The maximum Gasteiger partial charge on any atom is 0.490 e. The Kier molecular flexibility index (Phi) is 7.01. The molecule has 0 amide bonds. The number of aliphatic carboxylic acids is 1. The molecule has 0 spiro atoms. The molecule has 0 aliphatic rings. The van der Waals surface area contributed by atoms with Crippen molar-refractivity contribution >= 4 is 46.5 Å². The normalized spacial score (nSPS) is 11.2. The van der Waals surface area contributed by atoms with Crippen LogP contribution >= 0.6 is 11.6 Å². The molecule has 0 unspecified atom stereocenters. The first-order chi connectivity index (χ1) is 14.0. The Morgan fingerprint density at radius 3 is 2.30 bits per heavy atom. The summed E-state index contributed by atoms with van der Waals surface area (Å²) < 4.78 is 33.6. The maximum absolute atomic E-state index is 10.8. The van der Waals surface area contributed by atoms with E-state index in [4.69, 9.17) is 26.6 Å². The molecule has 0 aliphatic heterocycles. The van der Waals surface area contributed by atoms with Crippen molar-refractivity contribution in [2.24, 2.45) is 12.1 Å². The summed E-state index contributed by atoms with van der Waals surface area (Å²) in [5.74, 6) is -3.04. The fourth-order valence-electron chi connectivity index (χ4n) is 2.15. The number of aryl methyl sites for hydroxylation is 1. The van der Waals surface area contributed by atoms with Crippen LogP contribution in [-0.4, -0.2) is 44.1 Å². The number of carboxylic acid groups (broad SMARTS) is 2. The number of hydrogen-bond acceptors (Lipinski definition) is 5. The number of imidazole rings is 1. The predicted molar refractivity (Wildman–Crippen MR) is 104 cm³/mol. The van der Waals surface area contributed by atoms with Gasteiger partial charge in [-0.2, -0.15) is 18.3 Å². The standard InChI is InChI=1S/C16H13ClN4O2.C2HF3O2/c1-21-14-8-11(17)4-7-13(14)19-15(21)9-18-20-12-5-2-10(3-6-12)16(22)23;3-2(4,5)1(6)7/h2-9,20H,1H3,(H,22,23);(H,6,7)/b18-9+;. The van der Waals surface area contributed by atoms with Gasteiger partial charge in [-0.1, -0.05) is 11.6 Å². The number of halogens is 4. The van der Waals surface area contributed by atoms with Gasteiger partial charge in [0, 0.05) is 12.1 Å². The Bertz CT molecular complexity index is 1100. The molecule has 8 nitrogen and oxygen atoms in total. The minimum atomic E-state index is -5.08. The summed E-state index contributed by atoms with van der Waals surface area (Å²) in [6, 6.07) is 11.8. The number of carboxylic acids is 2. The number of carbonyl (C=O) groups is 2. The second kappa shape index (κ2) is 9.27. The van der Waals surface area contributed by atoms with Gasteiger partial charge in [-0.25, -0.2) is 14.6 Å². The number of aromatic nitrogens is 2. The number of hydrogen-bond donors (Lipinski definition) is 3. The lowest BCUT2D eigenvalue weighted by atomic mass is 10.2. The lowest BCUT2D eigenvalue weighted by Gasteiger charge is -2.01. The molecule has 30 heavy (non-hydrogen) atoms. The van der Waals surface area contributed by atoms with E-state index in [0.717, 1.165) is 11.0 Å². The third-order valence-electron chi connectivity index (χ3n) is 3.63. The van der Waals surface area contributed by atoms with Crippen molar-refractivity contribution in [1.82, 2.24) is 9.55 Å². The molecular weight excluding hydrogens is 429 g/mol. The van der Waals surface area contributed by atoms with E-state index in [2.05, 4.69) is 15.5 Å². The van der Waals surface area contributed by atoms with Gasteiger partial charge in [0.15, 0.2) is 5.82 Å². The molecule has 3 aromatic rings. The first kappa shape index (κ1) is 22.7. The number of aromatic carboxylic acids is 1. The number of alkyl halides is 3. The Labute approximate surface area is 172 Å². The zero-order chi connectivity index (χ0) is 22.5. The highest BCUT2D eigenvalue weighted by molar-refractivity contribution is 6.31. The van der Waals surface area contributed by atoms with Crippen molar-refractivity contribution in [1.29, 1.82) is 0 Å². The van der Waals surface area contributed by atoms with Crippen LogP contribution in [0, 0.1) is 0 Å². The summed E-state index contributed by atoms with van der Waals surface area (Å²) in [4.78, 5) is 24.1. The summed E-state index contributed by atoms with van der Waals surface area (Å²) >= 11 is 5.99. The Morgan fingerprint density at radius 2 is 1.77 bits per heavy atom. The van der Waals surface area contributed by atoms with Gasteiger partial charge in [0.1, 0.15) is 0 Å². The highest BCUT2D eigenvalue weighted by Gasteiger charge is 2.38. The minimum Gasteiger partial charge on any atom is -0.478 e. The largest absolute Gasteiger partial charge is 0.490 e. The fraction of sp³-hybridized carbons (Fsp3) is 0.111. The van der Waals surface area contributed by atoms with Crippen molar-refractivity contribution in [2.75, 3.05) is 5.43 Å². The molecule has 0 aliphatic carbocycles. The zero-order valence-electron chi connectivity index (χ0n) is 15.2. The predicted octanol–water partition coefficient (Wildman–Crippen LogP) is 4.00. The smallest absolute Gasteiger partial charge is 0.478 e. The summed E-state index contributed by atoms with van der Waals surface area (Å²) in [6.07, 6.45) is -3.49. The van der Waals surface area contributed by atoms with E-state index in [-0.39, 0.29) is 5.56 Å². The van der Waals surface area contributed by atoms with Crippen LogP contribution in [0.25, 0.3) is 11.0 Å². The first-order valence-electron chi connectivity index (χ1n) is 8.03. The number of nitrogens with zero attached hydrogens (tertiary/aromatic N) is 3. The molecule has 158 valence electrons. The summed E-state index contributed by atoms with van der Waals surface area (Å²) in [7, 11) is 1.88. The van der Waals surface area contributed by atoms with E-state index in [1.807, 2.05) is 23.7 Å². The number of hydrazone groups is 1. The molecule has 2 aromatic carbocycles. The van der Waals surface area contributed by atoms with Crippen molar-refractivity contribution in [2.45, 2.75) is 6.18 Å². The molecular formula is C18H14ClF3N4O4. The second-order valence-electron chi connectivity index (χ2n) is 5.72. The van der Waals surface area contributed by atoms with E-state index < -0.39 is 18.1 Å². The van der Waals surface area contributed by atoms with Crippen LogP contribution in [0.5, 0.6) is 0 Å². The van der Waals surface area contributed by atoms with Gasteiger partial charge in [-0.3, -0.25) is 5.43 Å². The summed E-state index contributed by atoms with van der Waals surface area (Å²) in [6.45, 7) is 0. The molecule has 12 heteroatoms. The van der Waals surface area contributed by atoms with Crippen LogP contribution in [0.4, 0.5) is 18.9 Å². The number of nitrogens with one attached hydrogen (secondary N) is 1. The van der Waals surface area contributed by atoms with E-state index in [1.165, 1.54) is 12.1 Å². The third-order valence-corrected chi connectivity index (χ3v) is 3.86. The average molecular weight is 443 g/mol. The van der Waals surface area contributed by atoms with E-state index in [1.54, 1.807) is 24.4 Å². The Hall–Kier alpha value is -3.60. The maximum atomic E-state index is 10.8. The van der Waals surface area contributed by atoms with Gasteiger partial charge in [0.05, 0.1) is 28.5 Å². The molecule has 3 rings (SSSR count). The highest BCUT2D eigenvalue weighted by atomic mass is 35.5.